The lowest BCUT2D eigenvalue weighted by molar-refractivity contribution is -0.123. The van der Waals surface area contributed by atoms with Crippen molar-refractivity contribution in [1.29, 1.82) is 0 Å². The normalized spacial score (nSPS) is 18.1. The van der Waals surface area contributed by atoms with E-state index in [0.29, 0.717) is 16.1 Å². The number of hydrogen-bond donors (Lipinski definition) is 2. The van der Waals surface area contributed by atoms with E-state index >= 15 is 0 Å². The van der Waals surface area contributed by atoms with Crippen LogP contribution in [0.2, 0.25) is 0 Å². The molecule has 1 heterocycles. The zero-order valence-corrected chi connectivity index (χ0v) is 11.1. The number of halogens is 1. The van der Waals surface area contributed by atoms with Crippen LogP contribution in [0.4, 0.5) is 10.1 Å². The molecule has 0 saturated carbocycles. The van der Waals surface area contributed by atoms with E-state index in [1.807, 2.05) is 19.0 Å². The van der Waals surface area contributed by atoms with Gasteiger partial charge in [-0.25, -0.2) is 4.39 Å². The third-order valence-corrected chi connectivity index (χ3v) is 3.71. The fourth-order valence-corrected chi connectivity index (χ4v) is 2.77. The summed E-state index contributed by atoms with van der Waals surface area (Å²) in [5, 5.41) is 12.1. The van der Waals surface area contributed by atoms with Gasteiger partial charge >= 0.3 is 0 Å². The maximum atomic E-state index is 13.8. The summed E-state index contributed by atoms with van der Waals surface area (Å²) in [6.07, 6.45) is -1.25. The third-order valence-electron chi connectivity index (χ3n) is 2.70. The first-order chi connectivity index (χ1) is 8.49. The maximum absolute atomic E-state index is 13.8. The SMILES string of the molecule is CN(C)CCSc1cc2c(cc1F)C(O)C(=O)N2. The van der Waals surface area contributed by atoms with Gasteiger partial charge in [-0.1, -0.05) is 0 Å². The highest BCUT2D eigenvalue weighted by Crippen LogP contribution is 2.35. The Hall–Kier alpha value is -1.11. The molecule has 2 rings (SSSR count). The quantitative estimate of drug-likeness (QED) is 0.813. The highest BCUT2D eigenvalue weighted by atomic mass is 32.2. The molecule has 0 bridgehead atoms. The molecule has 0 spiro atoms. The number of nitrogens with one attached hydrogen (secondary N) is 1. The van der Waals surface area contributed by atoms with E-state index in [9.17, 15) is 14.3 Å². The summed E-state index contributed by atoms with van der Waals surface area (Å²) in [4.78, 5) is 13.8. The third kappa shape index (κ3) is 2.66. The van der Waals surface area contributed by atoms with Crippen molar-refractivity contribution in [2.45, 2.75) is 11.0 Å². The Morgan fingerprint density at radius 2 is 2.22 bits per heavy atom. The second kappa shape index (κ2) is 5.26. The van der Waals surface area contributed by atoms with Gasteiger partial charge in [0, 0.05) is 28.4 Å². The molecule has 1 aliphatic rings. The van der Waals surface area contributed by atoms with Crippen LogP contribution in [-0.2, 0) is 4.79 Å². The van der Waals surface area contributed by atoms with Crippen molar-refractivity contribution in [2.75, 3.05) is 31.7 Å². The molecule has 4 nitrogen and oxygen atoms in total. The summed E-state index contributed by atoms with van der Waals surface area (Å²) < 4.78 is 13.8. The topological polar surface area (TPSA) is 52.6 Å². The molecule has 18 heavy (non-hydrogen) atoms. The van der Waals surface area contributed by atoms with Gasteiger partial charge in [-0.15, -0.1) is 11.8 Å². The lowest BCUT2D eigenvalue weighted by atomic mass is 10.1. The second-order valence-corrected chi connectivity index (χ2v) is 5.55. The Morgan fingerprint density at radius 1 is 1.50 bits per heavy atom. The molecule has 1 aromatic carbocycles. The average molecular weight is 270 g/mol. The molecule has 0 radical (unpaired) electrons. The summed E-state index contributed by atoms with van der Waals surface area (Å²) in [6.45, 7) is 0.843. The van der Waals surface area contributed by atoms with E-state index in [4.69, 9.17) is 0 Å². The Morgan fingerprint density at radius 3 is 2.89 bits per heavy atom. The predicted molar refractivity (Wildman–Crippen MR) is 69.3 cm³/mol. The van der Waals surface area contributed by atoms with Gasteiger partial charge in [-0.3, -0.25) is 4.79 Å². The summed E-state index contributed by atoms with van der Waals surface area (Å²) in [6, 6.07) is 2.81. The van der Waals surface area contributed by atoms with Gasteiger partial charge in [-0.2, -0.15) is 0 Å². The van der Waals surface area contributed by atoms with Crippen molar-refractivity contribution in [1.82, 2.24) is 4.90 Å². The Balaban J connectivity index is 2.14. The molecular weight excluding hydrogens is 255 g/mol. The molecule has 98 valence electrons. The molecule has 0 saturated heterocycles. The molecular formula is C12H15FN2O2S. The van der Waals surface area contributed by atoms with Crippen LogP contribution in [0.15, 0.2) is 17.0 Å². The van der Waals surface area contributed by atoms with Crippen LogP contribution in [0.3, 0.4) is 0 Å². The number of benzene rings is 1. The molecule has 1 aromatic rings. The maximum Gasteiger partial charge on any atom is 0.257 e. The van der Waals surface area contributed by atoms with Gasteiger partial charge in [0.05, 0.1) is 0 Å². The summed E-state index contributed by atoms with van der Waals surface area (Å²) >= 11 is 1.39. The van der Waals surface area contributed by atoms with E-state index in [0.717, 1.165) is 12.3 Å². The van der Waals surface area contributed by atoms with Crippen LogP contribution >= 0.6 is 11.8 Å². The van der Waals surface area contributed by atoms with Crippen molar-refractivity contribution < 1.29 is 14.3 Å². The monoisotopic (exact) mass is 270 g/mol. The second-order valence-electron chi connectivity index (χ2n) is 4.41. The highest BCUT2D eigenvalue weighted by Gasteiger charge is 2.29. The zero-order valence-electron chi connectivity index (χ0n) is 10.2. The number of fused-ring (bicyclic) bond motifs is 1. The minimum atomic E-state index is -1.25. The van der Waals surface area contributed by atoms with Gasteiger partial charge in [-0.05, 0) is 26.2 Å². The molecule has 1 aliphatic heterocycles. The fraction of sp³-hybridized carbons (Fsp3) is 0.417. The van der Waals surface area contributed by atoms with Crippen molar-refractivity contribution >= 4 is 23.4 Å². The number of carbonyl (C=O) groups is 1. The van der Waals surface area contributed by atoms with Crippen LogP contribution in [0, 0.1) is 5.82 Å². The standard InChI is InChI=1S/C12H15FN2O2S/c1-15(2)3-4-18-10-6-9-7(5-8(10)13)11(16)12(17)14-9/h5-6,11,16H,3-4H2,1-2H3,(H,14,17). The first kappa shape index (κ1) is 13.3. The lowest BCUT2D eigenvalue weighted by Crippen LogP contribution is -2.14. The Kier molecular flexibility index (Phi) is 3.89. The van der Waals surface area contributed by atoms with Gasteiger partial charge in [0.1, 0.15) is 5.82 Å². The molecule has 2 N–H and O–H groups in total. The van der Waals surface area contributed by atoms with Gasteiger partial charge in [0.25, 0.3) is 5.91 Å². The minimum absolute atomic E-state index is 0.314. The van der Waals surface area contributed by atoms with Crippen molar-refractivity contribution in [2.24, 2.45) is 0 Å². The Labute approximate surface area is 109 Å². The van der Waals surface area contributed by atoms with Crippen LogP contribution in [0.5, 0.6) is 0 Å². The molecule has 0 aliphatic carbocycles. The van der Waals surface area contributed by atoms with Crippen molar-refractivity contribution in [3.8, 4) is 0 Å². The van der Waals surface area contributed by atoms with E-state index in [1.54, 1.807) is 6.07 Å². The van der Waals surface area contributed by atoms with E-state index in [2.05, 4.69) is 5.32 Å². The average Bonchev–Trinajstić information content (AvgIpc) is 2.55. The van der Waals surface area contributed by atoms with E-state index in [1.165, 1.54) is 17.8 Å². The number of carbonyl (C=O) groups excluding carboxylic acids is 1. The highest BCUT2D eigenvalue weighted by molar-refractivity contribution is 7.99. The van der Waals surface area contributed by atoms with E-state index < -0.39 is 17.8 Å². The largest absolute Gasteiger partial charge is 0.378 e. The number of aliphatic hydroxyl groups excluding tert-OH is 1. The minimum Gasteiger partial charge on any atom is -0.378 e. The summed E-state index contributed by atoms with van der Waals surface area (Å²) in [5.74, 6) is -0.132. The summed E-state index contributed by atoms with van der Waals surface area (Å²) in [5.41, 5.74) is 0.815. The number of anilines is 1. The van der Waals surface area contributed by atoms with Gasteiger partial charge < -0.3 is 15.3 Å². The number of nitrogens with zero attached hydrogens (tertiary/aromatic N) is 1. The van der Waals surface area contributed by atoms with Crippen LogP contribution < -0.4 is 5.32 Å². The lowest BCUT2D eigenvalue weighted by Gasteiger charge is -2.10. The number of thioether (sulfide) groups is 1. The number of amides is 1. The van der Waals surface area contributed by atoms with Crippen LogP contribution in [-0.4, -0.2) is 42.3 Å². The van der Waals surface area contributed by atoms with Crippen LogP contribution in [0.1, 0.15) is 11.7 Å². The van der Waals surface area contributed by atoms with Gasteiger partial charge in [0.15, 0.2) is 6.10 Å². The fourth-order valence-electron chi connectivity index (χ4n) is 1.69. The number of aliphatic hydroxyl groups is 1. The molecule has 6 heteroatoms. The molecule has 1 atom stereocenters. The molecule has 1 amide bonds. The molecule has 0 aromatic heterocycles. The number of rotatable bonds is 4. The first-order valence-electron chi connectivity index (χ1n) is 5.59. The smallest absolute Gasteiger partial charge is 0.257 e. The van der Waals surface area contributed by atoms with E-state index in [-0.39, 0.29) is 0 Å². The predicted octanol–water partition coefficient (Wildman–Crippen LogP) is 1.46. The van der Waals surface area contributed by atoms with Crippen LogP contribution in [0.25, 0.3) is 0 Å². The summed E-state index contributed by atoms with van der Waals surface area (Å²) in [7, 11) is 3.91. The van der Waals surface area contributed by atoms with Crippen molar-refractivity contribution in [3.63, 3.8) is 0 Å². The van der Waals surface area contributed by atoms with Gasteiger partial charge in [0.2, 0.25) is 0 Å². The molecule has 0 fully saturated rings. The molecule has 1 unspecified atom stereocenters. The van der Waals surface area contributed by atoms with Crippen molar-refractivity contribution in [3.05, 3.63) is 23.5 Å². The zero-order chi connectivity index (χ0) is 13.3. The Bertz CT molecular complexity index is 479. The number of hydrogen-bond acceptors (Lipinski definition) is 4. The first-order valence-corrected chi connectivity index (χ1v) is 6.57.